The van der Waals surface area contributed by atoms with E-state index in [0.717, 1.165) is 12.8 Å². The molecule has 0 aromatic heterocycles. The van der Waals surface area contributed by atoms with Gasteiger partial charge in [-0.3, -0.25) is 0 Å². The van der Waals surface area contributed by atoms with Gasteiger partial charge in [0.05, 0.1) is 25.0 Å². The summed E-state index contributed by atoms with van der Waals surface area (Å²) in [4.78, 5) is 12.4. The second-order valence-corrected chi connectivity index (χ2v) is 7.63. The molecule has 10 nitrogen and oxygen atoms in total. The summed E-state index contributed by atoms with van der Waals surface area (Å²) in [5, 5.41) is 39.4. The van der Waals surface area contributed by atoms with Crippen LogP contribution in [0.15, 0.2) is 24.5 Å². The van der Waals surface area contributed by atoms with Gasteiger partial charge in [-0.15, -0.1) is 6.58 Å². The number of ether oxygens (including phenoxy) is 5. The van der Waals surface area contributed by atoms with E-state index in [1.807, 2.05) is 6.92 Å². The van der Waals surface area contributed by atoms with Crippen LogP contribution < -0.4 is 0 Å². The lowest BCUT2D eigenvalue weighted by Crippen LogP contribution is -2.60. The Morgan fingerprint density at radius 3 is 2.67 bits per heavy atom. The molecule has 2 fully saturated rings. The summed E-state index contributed by atoms with van der Waals surface area (Å²) < 4.78 is 27.6. The number of cyclic esters (lactones) is 1. The average molecular weight is 430 g/mol. The Labute approximate surface area is 174 Å². The van der Waals surface area contributed by atoms with Crippen LogP contribution in [0.4, 0.5) is 0 Å². The highest BCUT2D eigenvalue weighted by Crippen LogP contribution is 2.40. The van der Waals surface area contributed by atoms with Gasteiger partial charge in [0.15, 0.2) is 6.29 Å². The Kier molecular flexibility index (Phi) is 7.86. The number of hydrogen-bond donors (Lipinski definition) is 4. The summed E-state index contributed by atoms with van der Waals surface area (Å²) in [7, 11) is 0. The third kappa shape index (κ3) is 4.70. The maximum absolute atomic E-state index is 12.4. The normalized spacial score (nSPS) is 41.3. The number of aliphatic hydroxyl groups is 4. The van der Waals surface area contributed by atoms with E-state index in [1.54, 1.807) is 6.08 Å². The van der Waals surface area contributed by atoms with Gasteiger partial charge in [-0.05, 0) is 6.42 Å². The molecule has 9 atom stereocenters. The third-order valence-corrected chi connectivity index (χ3v) is 5.62. The van der Waals surface area contributed by atoms with E-state index < -0.39 is 61.8 Å². The van der Waals surface area contributed by atoms with Crippen LogP contribution in [-0.4, -0.2) is 82.9 Å². The molecule has 10 heteroatoms. The molecule has 3 rings (SSSR count). The fourth-order valence-corrected chi connectivity index (χ4v) is 3.81. The van der Waals surface area contributed by atoms with Crippen LogP contribution in [0.1, 0.15) is 26.2 Å². The monoisotopic (exact) mass is 430 g/mol. The number of hydrogen-bond acceptors (Lipinski definition) is 10. The van der Waals surface area contributed by atoms with Crippen LogP contribution in [0.3, 0.4) is 0 Å². The maximum atomic E-state index is 12.4. The molecule has 0 radical (unpaired) electrons. The van der Waals surface area contributed by atoms with Crippen molar-refractivity contribution in [1.82, 2.24) is 0 Å². The smallest absolute Gasteiger partial charge is 0.339 e. The van der Waals surface area contributed by atoms with Gasteiger partial charge < -0.3 is 44.1 Å². The van der Waals surface area contributed by atoms with Gasteiger partial charge in [0.25, 0.3) is 0 Å². The Hall–Kier alpha value is -1.53. The highest BCUT2D eigenvalue weighted by atomic mass is 16.8. The van der Waals surface area contributed by atoms with Gasteiger partial charge in [0.1, 0.15) is 24.4 Å². The van der Waals surface area contributed by atoms with Crippen molar-refractivity contribution in [3.63, 3.8) is 0 Å². The predicted octanol–water partition coefficient (Wildman–Crippen LogP) is -0.449. The molecule has 170 valence electrons. The molecular formula is C20H30O10. The van der Waals surface area contributed by atoms with Crippen molar-refractivity contribution in [2.24, 2.45) is 11.8 Å². The van der Waals surface area contributed by atoms with Crippen LogP contribution in [-0.2, 0) is 28.5 Å². The summed E-state index contributed by atoms with van der Waals surface area (Å²) in [6.07, 6.45) is -3.77. The van der Waals surface area contributed by atoms with E-state index in [1.165, 1.54) is 6.26 Å². The lowest BCUT2D eigenvalue weighted by molar-refractivity contribution is -0.340. The largest absolute Gasteiger partial charge is 0.471 e. The fraction of sp³-hybridized carbons (Fsp3) is 0.750. The first kappa shape index (κ1) is 23.1. The van der Waals surface area contributed by atoms with E-state index >= 15 is 0 Å². The standard InChI is InChI=1S/C20H30O10/c1-3-5-6-26-14-7-11-10(4-2)19(27-9-12(11)18(25)29-14)30-20-17(24)16(23)15(22)13(8-21)28-20/h4,9-11,13-17,19-24H,2-3,5-8H2,1H3/t10?,11?,13-,14+,15-,16+,17-,19?,20+/m1/s1. The van der Waals surface area contributed by atoms with Crippen molar-refractivity contribution >= 4 is 5.97 Å². The van der Waals surface area contributed by atoms with E-state index in [0.29, 0.717) is 18.6 Å². The van der Waals surface area contributed by atoms with Crippen molar-refractivity contribution in [3.05, 3.63) is 24.5 Å². The number of unbranched alkanes of at least 4 members (excludes halogenated alkanes) is 1. The molecule has 30 heavy (non-hydrogen) atoms. The van der Waals surface area contributed by atoms with Crippen LogP contribution in [0.2, 0.25) is 0 Å². The summed E-state index contributed by atoms with van der Waals surface area (Å²) in [6, 6.07) is 0. The molecule has 0 amide bonds. The number of carbonyl (C=O) groups is 1. The molecule has 3 aliphatic rings. The van der Waals surface area contributed by atoms with Crippen molar-refractivity contribution in [2.45, 2.75) is 69.5 Å². The molecule has 0 saturated carbocycles. The first-order valence-corrected chi connectivity index (χ1v) is 10.2. The molecule has 0 aromatic rings. The quantitative estimate of drug-likeness (QED) is 0.227. The zero-order chi connectivity index (χ0) is 21.8. The highest BCUT2D eigenvalue weighted by molar-refractivity contribution is 5.89. The highest BCUT2D eigenvalue weighted by Gasteiger charge is 2.49. The molecule has 3 aliphatic heterocycles. The molecule has 2 saturated heterocycles. The number of rotatable bonds is 8. The van der Waals surface area contributed by atoms with E-state index in [2.05, 4.69) is 6.58 Å². The fourth-order valence-electron chi connectivity index (χ4n) is 3.81. The predicted molar refractivity (Wildman–Crippen MR) is 100 cm³/mol. The summed E-state index contributed by atoms with van der Waals surface area (Å²) in [6.45, 7) is 5.74. The second-order valence-electron chi connectivity index (χ2n) is 7.63. The zero-order valence-corrected chi connectivity index (χ0v) is 16.8. The van der Waals surface area contributed by atoms with Crippen molar-refractivity contribution in [2.75, 3.05) is 13.2 Å². The van der Waals surface area contributed by atoms with Gasteiger partial charge in [-0.25, -0.2) is 4.79 Å². The molecular weight excluding hydrogens is 400 g/mol. The number of fused-ring (bicyclic) bond motifs is 1. The molecule has 0 bridgehead atoms. The molecule has 3 unspecified atom stereocenters. The van der Waals surface area contributed by atoms with Crippen molar-refractivity contribution in [1.29, 1.82) is 0 Å². The topological polar surface area (TPSA) is 144 Å². The number of esters is 1. The van der Waals surface area contributed by atoms with E-state index in [9.17, 15) is 25.2 Å². The Morgan fingerprint density at radius 1 is 1.23 bits per heavy atom. The first-order valence-electron chi connectivity index (χ1n) is 10.2. The van der Waals surface area contributed by atoms with Crippen LogP contribution in [0.25, 0.3) is 0 Å². The molecule has 0 aliphatic carbocycles. The minimum atomic E-state index is -1.57. The lowest BCUT2D eigenvalue weighted by Gasteiger charge is -2.44. The zero-order valence-electron chi connectivity index (χ0n) is 16.8. The third-order valence-electron chi connectivity index (χ3n) is 5.62. The minimum Gasteiger partial charge on any atom is -0.471 e. The van der Waals surface area contributed by atoms with Gasteiger partial charge in [0.2, 0.25) is 12.6 Å². The number of carbonyl (C=O) groups excluding carboxylic acids is 1. The van der Waals surface area contributed by atoms with Gasteiger partial charge in [0, 0.05) is 18.3 Å². The van der Waals surface area contributed by atoms with E-state index in [-0.39, 0.29) is 5.92 Å². The minimum absolute atomic E-state index is 0.337. The van der Waals surface area contributed by atoms with Crippen LogP contribution >= 0.6 is 0 Å². The second kappa shape index (κ2) is 10.2. The van der Waals surface area contributed by atoms with Crippen molar-refractivity contribution < 1.29 is 48.9 Å². The van der Waals surface area contributed by atoms with Crippen LogP contribution in [0.5, 0.6) is 0 Å². The van der Waals surface area contributed by atoms with Gasteiger partial charge in [-0.1, -0.05) is 19.4 Å². The SMILES string of the molecule is C=CC1C(O[C@@H]2O[C@H](CO)[C@@H](O)[C@H](O)[C@H]2O)OC=C2C(=O)O[C@H](OCCCC)CC21. The van der Waals surface area contributed by atoms with Crippen molar-refractivity contribution in [3.8, 4) is 0 Å². The number of aliphatic hydroxyl groups excluding tert-OH is 4. The van der Waals surface area contributed by atoms with Gasteiger partial charge in [-0.2, -0.15) is 0 Å². The maximum Gasteiger partial charge on any atom is 0.339 e. The average Bonchev–Trinajstić information content (AvgIpc) is 2.74. The summed E-state index contributed by atoms with van der Waals surface area (Å²) in [5.41, 5.74) is 0.337. The Balaban J connectivity index is 1.71. The lowest BCUT2D eigenvalue weighted by atomic mass is 9.80. The summed E-state index contributed by atoms with van der Waals surface area (Å²) >= 11 is 0. The Bertz CT molecular complexity index is 635. The van der Waals surface area contributed by atoms with Gasteiger partial charge >= 0.3 is 5.97 Å². The van der Waals surface area contributed by atoms with E-state index in [4.69, 9.17) is 23.7 Å². The molecule has 3 heterocycles. The Morgan fingerprint density at radius 2 is 2.00 bits per heavy atom. The molecule has 0 aromatic carbocycles. The molecule has 0 spiro atoms. The first-order chi connectivity index (χ1) is 14.4. The summed E-state index contributed by atoms with van der Waals surface area (Å²) in [5.74, 6) is -1.38. The van der Waals surface area contributed by atoms with Crippen LogP contribution in [0, 0.1) is 11.8 Å². The molecule has 4 N–H and O–H groups in total.